The summed E-state index contributed by atoms with van der Waals surface area (Å²) in [7, 11) is 0. The molecule has 2 aromatic rings. The number of benzene rings is 1. The molecule has 210 valence electrons. The normalized spacial score (nSPS) is 34.1. The fourth-order valence-electron chi connectivity index (χ4n) is 5.97. The summed E-state index contributed by atoms with van der Waals surface area (Å²) in [5.41, 5.74) is 0.215. The zero-order valence-electron chi connectivity index (χ0n) is 23.5. The number of hydrogen-bond acceptors (Lipinski definition) is 6. The van der Waals surface area contributed by atoms with Crippen LogP contribution in [0, 0.1) is 29.6 Å². The van der Waals surface area contributed by atoms with Crippen LogP contribution in [0.15, 0.2) is 36.5 Å². The Labute approximate surface area is 231 Å². The van der Waals surface area contributed by atoms with Gasteiger partial charge >= 0.3 is 0 Å². The number of terminal acetylenes is 1. The summed E-state index contributed by atoms with van der Waals surface area (Å²) in [5.74, 6) is 1.12. The van der Waals surface area contributed by atoms with Crippen LogP contribution in [-0.2, 0) is 14.3 Å². The Balaban J connectivity index is 1.63. The Bertz CT molecular complexity index is 1240. The van der Waals surface area contributed by atoms with Crippen molar-refractivity contribution in [1.29, 1.82) is 0 Å². The van der Waals surface area contributed by atoms with Crippen LogP contribution in [0.1, 0.15) is 84.2 Å². The number of fused-ring (bicyclic) bond motifs is 2. The standard InChI is InChI=1S/C32H42N2O5/c1-6-7-12-23-29(37)20(2)10-8-15-32(5)27(39-32)18-25(22-14-13-21-11-9-16-33-24(21)17-22)34-28(36)19-26(35)31(3,4)30(23)38/h1,9,11,13-14,16-17,20,23,25-27,29,35,37H,7-8,10,12,15,18-19H2,2-5H3,(H,34,36). The van der Waals surface area contributed by atoms with E-state index in [1.165, 1.54) is 0 Å². The van der Waals surface area contributed by atoms with E-state index in [4.69, 9.17) is 11.2 Å². The third kappa shape index (κ3) is 6.51. The molecule has 1 amide bonds. The van der Waals surface area contributed by atoms with Crippen LogP contribution in [0.5, 0.6) is 0 Å². The highest BCUT2D eigenvalue weighted by atomic mass is 16.6. The zero-order chi connectivity index (χ0) is 28.4. The van der Waals surface area contributed by atoms with Gasteiger partial charge in [0, 0.05) is 30.3 Å². The molecule has 3 heterocycles. The molecule has 0 bridgehead atoms. The van der Waals surface area contributed by atoms with Crippen molar-refractivity contribution in [1.82, 2.24) is 10.3 Å². The fourth-order valence-corrected chi connectivity index (χ4v) is 5.97. The van der Waals surface area contributed by atoms with Crippen molar-refractivity contribution in [2.75, 3.05) is 0 Å². The van der Waals surface area contributed by atoms with Gasteiger partial charge < -0.3 is 20.3 Å². The number of amides is 1. The number of Topliss-reactive ketones (excluding diaryl/α,β-unsaturated/α-hetero) is 1. The highest BCUT2D eigenvalue weighted by Gasteiger charge is 2.52. The van der Waals surface area contributed by atoms with Crippen LogP contribution < -0.4 is 5.32 Å². The number of nitrogens with one attached hydrogen (secondary N) is 1. The lowest BCUT2D eigenvalue weighted by atomic mass is 9.71. The summed E-state index contributed by atoms with van der Waals surface area (Å²) in [6.45, 7) is 7.34. The van der Waals surface area contributed by atoms with E-state index in [0.717, 1.165) is 35.7 Å². The molecule has 2 saturated heterocycles. The molecule has 1 aromatic heterocycles. The van der Waals surface area contributed by atoms with Crippen molar-refractivity contribution in [2.45, 2.75) is 103 Å². The van der Waals surface area contributed by atoms with Crippen LogP contribution in [0.3, 0.4) is 0 Å². The van der Waals surface area contributed by atoms with Crippen LogP contribution in [0.4, 0.5) is 0 Å². The number of aliphatic hydroxyl groups excluding tert-OH is 2. The van der Waals surface area contributed by atoms with Crippen LogP contribution in [0.2, 0.25) is 0 Å². The Hall–Kier alpha value is -2.79. The third-order valence-corrected chi connectivity index (χ3v) is 8.96. The summed E-state index contributed by atoms with van der Waals surface area (Å²) in [6.07, 6.45) is 8.54. The monoisotopic (exact) mass is 534 g/mol. The van der Waals surface area contributed by atoms with Gasteiger partial charge in [0.05, 0.1) is 47.3 Å². The van der Waals surface area contributed by atoms with Crippen molar-refractivity contribution in [2.24, 2.45) is 17.3 Å². The number of aliphatic hydroxyl groups is 2. The molecule has 2 fully saturated rings. The van der Waals surface area contributed by atoms with Gasteiger partial charge in [0.15, 0.2) is 0 Å². The Morgan fingerprint density at radius 3 is 2.72 bits per heavy atom. The number of carbonyl (C=O) groups excluding carboxylic acids is 2. The number of pyridine rings is 1. The molecule has 3 N–H and O–H groups in total. The molecule has 7 heteroatoms. The predicted molar refractivity (Wildman–Crippen MR) is 151 cm³/mol. The Morgan fingerprint density at radius 2 is 1.97 bits per heavy atom. The van der Waals surface area contributed by atoms with E-state index in [-0.39, 0.29) is 41.8 Å². The maximum atomic E-state index is 13.7. The number of ether oxygens (including phenoxy) is 1. The summed E-state index contributed by atoms with van der Waals surface area (Å²) in [5, 5.41) is 26.5. The van der Waals surface area contributed by atoms with E-state index in [9.17, 15) is 19.8 Å². The lowest BCUT2D eigenvalue weighted by Gasteiger charge is -2.36. The van der Waals surface area contributed by atoms with E-state index in [2.05, 4.69) is 23.1 Å². The SMILES string of the molecule is C#CCCC1C(=O)C(C)(C)C(O)CC(=O)NC(c2ccc3cccnc3c2)CC2OC2(C)CCCC(C)C1O. The van der Waals surface area contributed by atoms with E-state index in [0.29, 0.717) is 19.3 Å². The summed E-state index contributed by atoms with van der Waals surface area (Å²) in [4.78, 5) is 31.5. The Kier molecular flexibility index (Phi) is 8.80. The number of hydrogen-bond donors (Lipinski definition) is 3. The minimum atomic E-state index is -1.24. The number of aromatic nitrogens is 1. The summed E-state index contributed by atoms with van der Waals surface area (Å²) in [6, 6.07) is 9.53. The number of epoxide rings is 1. The van der Waals surface area contributed by atoms with Gasteiger partial charge in [-0.05, 0) is 49.8 Å². The number of carbonyl (C=O) groups is 2. The van der Waals surface area contributed by atoms with E-state index < -0.39 is 23.5 Å². The van der Waals surface area contributed by atoms with Gasteiger partial charge in [0.2, 0.25) is 5.91 Å². The molecule has 4 rings (SSSR count). The molecule has 39 heavy (non-hydrogen) atoms. The average Bonchev–Trinajstić information content (AvgIpc) is 3.55. The zero-order valence-corrected chi connectivity index (χ0v) is 23.5. The highest BCUT2D eigenvalue weighted by molar-refractivity contribution is 5.88. The first-order valence-corrected chi connectivity index (χ1v) is 14.1. The van der Waals surface area contributed by atoms with Crippen LogP contribution in [-0.4, -0.2) is 50.8 Å². The molecule has 7 nitrogen and oxygen atoms in total. The van der Waals surface area contributed by atoms with Crippen molar-refractivity contribution in [3.63, 3.8) is 0 Å². The third-order valence-electron chi connectivity index (χ3n) is 8.96. The van der Waals surface area contributed by atoms with Crippen LogP contribution in [0.25, 0.3) is 10.9 Å². The molecule has 0 spiro atoms. The number of nitrogens with zero attached hydrogens (tertiary/aromatic N) is 1. The van der Waals surface area contributed by atoms with Crippen LogP contribution >= 0.6 is 0 Å². The first-order valence-electron chi connectivity index (χ1n) is 14.1. The van der Waals surface area contributed by atoms with Crippen molar-refractivity contribution in [3.8, 4) is 12.3 Å². The second-order valence-corrected chi connectivity index (χ2v) is 12.2. The first kappa shape index (κ1) is 29.2. The lowest BCUT2D eigenvalue weighted by molar-refractivity contribution is -0.144. The maximum absolute atomic E-state index is 13.7. The van der Waals surface area contributed by atoms with E-state index in [1.54, 1.807) is 20.0 Å². The lowest BCUT2D eigenvalue weighted by Crippen LogP contribution is -2.47. The van der Waals surface area contributed by atoms with Gasteiger partial charge in [-0.25, -0.2) is 0 Å². The second kappa shape index (κ2) is 11.8. The number of ketones is 1. The van der Waals surface area contributed by atoms with Gasteiger partial charge in [-0.1, -0.05) is 45.4 Å². The molecule has 7 atom stereocenters. The minimum absolute atomic E-state index is 0.0262. The largest absolute Gasteiger partial charge is 0.392 e. The van der Waals surface area contributed by atoms with Gasteiger partial charge in [0.1, 0.15) is 5.78 Å². The second-order valence-electron chi connectivity index (χ2n) is 12.2. The number of rotatable bonds is 3. The first-order chi connectivity index (χ1) is 18.5. The van der Waals surface area contributed by atoms with Crippen molar-refractivity contribution in [3.05, 3.63) is 42.1 Å². The molecule has 0 radical (unpaired) electrons. The molecule has 0 saturated carbocycles. The molecule has 7 unspecified atom stereocenters. The summed E-state index contributed by atoms with van der Waals surface area (Å²) < 4.78 is 6.16. The summed E-state index contributed by atoms with van der Waals surface area (Å²) >= 11 is 0. The topological polar surface area (TPSA) is 112 Å². The minimum Gasteiger partial charge on any atom is -0.392 e. The van der Waals surface area contributed by atoms with Gasteiger partial charge in [-0.15, -0.1) is 12.3 Å². The van der Waals surface area contributed by atoms with Crippen molar-refractivity contribution < 1.29 is 24.5 Å². The van der Waals surface area contributed by atoms with Gasteiger partial charge in [-0.3, -0.25) is 14.6 Å². The molecule has 1 aromatic carbocycles. The highest BCUT2D eigenvalue weighted by Crippen LogP contribution is 2.46. The fraction of sp³-hybridized carbons (Fsp3) is 0.594. The smallest absolute Gasteiger partial charge is 0.223 e. The molecular weight excluding hydrogens is 492 g/mol. The quantitative estimate of drug-likeness (QED) is 0.395. The average molecular weight is 535 g/mol. The van der Waals surface area contributed by atoms with E-state index >= 15 is 0 Å². The van der Waals surface area contributed by atoms with Crippen molar-refractivity contribution >= 4 is 22.6 Å². The molecule has 0 aliphatic carbocycles. The van der Waals surface area contributed by atoms with E-state index in [1.807, 2.05) is 37.3 Å². The molecular formula is C32H42N2O5. The van der Waals surface area contributed by atoms with Gasteiger partial charge in [0.25, 0.3) is 0 Å². The predicted octanol–water partition coefficient (Wildman–Crippen LogP) is 4.50. The van der Waals surface area contributed by atoms with Gasteiger partial charge in [-0.2, -0.15) is 0 Å². The molecule has 2 aliphatic rings. The Morgan fingerprint density at radius 1 is 1.21 bits per heavy atom. The maximum Gasteiger partial charge on any atom is 0.223 e. The molecule has 2 aliphatic heterocycles.